The predicted molar refractivity (Wildman–Crippen MR) is 78.6 cm³/mol. The summed E-state index contributed by atoms with van der Waals surface area (Å²) in [5, 5.41) is 4.21. The van der Waals surface area contributed by atoms with Gasteiger partial charge in [0.05, 0.1) is 12.0 Å². The number of rotatable bonds is 6. The molecule has 1 unspecified atom stereocenters. The van der Waals surface area contributed by atoms with Crippen molar-refractivity contribution >= 4 is 5.78 Å². The number of nitrogens with zero attached hydrogens (tertiary/aromatic N) is 4. The van der Waals surface area contributed by atoms with Crippen molar-refractivity contribution in [2.24, 2.45) is 0 Å². The Balaban J connectivity index is 2.15. The third-order valence-electron chi connectivity index (χ3n) is 4.55. The summed E-state index contributed by atoms with van der Waals surface area (Å²) in [6.45, 7) is 10.4. The molecule has 0 bridgehead atoms. The molecule has 1 atom stereocenters. The number of likely N-dealkylation sites (tertiary alicyclic amines) is 1. The zero-order chi connectivity index (χ0) is 14.8. The standard InChI is InChI=1S/C15H26N4O/c1-5-15(4,18-8-6-7-9-18)13(20)10-14-16-11-17-19(14)12(2)3/h11-12H,5-10H2,1-4H3. The highest BCUT2D eigenvalue weighted by molar-refractivity contribution is 5.89. The average molecular weight is 278 g/mol. The summed E-state index contributed by atoms with van der Waals surface area (Å²) in [6, 6.07) is 0.236. The van der Waals surface area contributed by atoms with Gasteiger partial charge in [-0.15, -0.1) is 0 Å². The first-order valence-electron chi connectivity index (χ1n) is 7.65. The van der Waals surface area contributed by atoms with Gasteiger partial charge in [0.1, 0.15) is 12.2 Å². The minimum atomic E-state index is -0.357. The van der Waals surface area contributed by atoms with Crippen molar-refractivity contribution in [2.45, 2.75) is 65.0 Å². The summed E-state index contributed by atoms with van der Waals surface area (Å²) in [7, 11) is 0. The van der Waals surface area contributed by atoms with Crippen molar-refractivity contribution < 1.29 is 4.79 Å². The lowest BCUT2D eigenvalue weighted by Gasteiger charge is -2.36. The Hall–Kier alpha value is -1.23. The van der Waals surface area contributed by atoms with Crippen LogP contribution in [0.2, 0.25) is 0 Å². The molecule has 0 aromatic carbocycles. The average Bonchev–Trinajstić information content (AvgIpc) is 3.08. The van der Waals surface area contributed by atoms with E-state index < -0.39 is 0 Å². The van der Waals surface area contributed by atoms with Crippen LogP contribution in [0.4, 0.5) is 0 Å². The van der Waals surface area contributed by atoms with Crippen LogP contribution in [0.25, 0.3) is 0 Å². The van der Waals surface area contributed by atoms with Gasteiger partial charge in [-0.2, -0.15) is 5.10 Å². The number of Topliss-reactive ketones (excluding diaryl/α,β-unsaturated/α-hetero) is 1. The number of hydrogen-bond acceptors (Lipinski definition) is 4. The molecule has 20 heavy (non-hydrogen) atoms. The van der Waals surface area contributed by atoms with Crippen molar-refractivity contribution in [3.05, 3.63) is 12.2 Å². The monoisotopic (exact) mass is 278 g/mol. The number of aromatic nitrogens is 3. The molecule has 1 aromatic rings. The van der Waals surface area contributed by atoms with Gasteiger partial charge in [0.15, 0.2) is 5.78 Å². The fraction of sp³-hybridized carbons (Fsp3) is 0.800. The van der Waals surface area contributed by atoms with Crippen molar-refractivity contribution in [3.63, 3.8) is 0 Å². The molecule has 2 heterocycles. The van der Waals surface area contributed by atoms with Gasteiger partial charge in [-0.1, -0.05) is 6.92 Å². The third kappa shape index (κ3) is 2.77. The third-order valence-corrected chi connectivity index (χ3v) is 4.55. The largest absolute Gasteiger partial charge is 0.297 e. The highest BCUT2D eigenvalue weighted by atomic mass is 16.1. The topological polar surface area (TPSA) is 51.0 Å². The summed E-state index contributed by atoms with van der Waals surface area (Å²) >= 11 is 0. The smallest absolute Gasteiger partial charge is 0.160 e. The van der Waals surface area contributed by atoms with E-state index >= 15 is 0 Å². The van der Waals surface area contributed by atoms with Crippen LogP contribution in [0.15, 0.2) is 6.33 Å². The van der Waals surface area contributed by atoms with E-state index in [1.807, 2.05) is 4.68 Å². The van der Waals surface area contributed by atoms with E-state index in [4.69, 9.17) is 0 Å². The Morgan fingerprint density at radius 1 is 1.40 bits per heavy atom. The number of carbonyl (C=O) groups is 1. The normalized spacial score (nSPS) is 19.4. The van der Waals surface area contributed by atoms with Crippen LogP contribution < -0.4 is 0 Å². The van der Waals surface area contributed by atoms with Crippen LogP contribution >= 0.6 is 0 Å². The first kappa shape index (κ1) is 15.2. The molecule has 1 aliphatic rings. The molecule has 5 heteroatoms. The lowest BCUT2D eigenvalue weighted by molar-refractivity contribution is -0.129. The molecule has 0 aliphatic carbocycles. The molecule has 5 nitrogen and oxygen atoms in total. The lowest BCUT2D eigenvalue weighted by Crippen LogP contribution is -2.51. The van der Waals surface area contributed by atoms with Gasteiger partial charge in [-0.05, 0) is 53.1 Å². The van der Waals surface area contributed by atoms with Gasteiger partial charge in [0.2, 0.25) is 0 Å². The lowest BCUT2D eigenvalue weighted by atomic mass is 9.89. The Bertz CT molecular complexity index is 462. The molecule has 1 fully saturated rings. The molecule has 0 N–H and O–H groups in total. The van der Waals surface area contributed by atoms with Crippen molar-refractivity contribution in [1.82, 2.24) is 19.7 Å². The maximum Gasteiger partial charge on any atom is 0.160 e. The van der Waals surface area contributed by atoms with E-state index in [1.54, 1.807) is 6.33 Å². The van der Waals surface area contributed by atoms with E-state index in [0.29, 0.717) is 6.42 Å². The molecule has 1 aliphatic heterocycles. The van der Waals surface area contributed by atoms with Gasteiger partial charge >= 0.3 is 0 Å². The van der Waals surface area contributed by atoms with Crippen LogP contribution in [0, 0.1) is 0 Å². The van der Waals surface area contributed by atoms with Crippen LogP contribution in [0.5, 0.6) is 0 Å². The van der Waals surface area contributed by atoms with Crippen LogP contribution in [0.3, 0.4) is 0 Å². The molecular formula is C15H26N4O. The van der Waals surface area contributed by atoms with E-state index in [0.717, 1.165) is 25.3 Å². The van der Waals surface area contributed by atoms with Crippen molar-refractivity contribution in [2.75, 3.05) is 13.1 Å². The number of hydrogen-bond donors (Lipinski definition) is 0. The molecule has 1 saturated heterocycles. The quantitative estimate of drug-likeness (QED) is 0.800. The SMILES string of the molecule is CCC(C)(C(=O)Cc1ncnn1C(C)C)N1CCCC1. The fourth-order valence-corrected chi connectivity index (χ4v) is 2.97. The molecule has 112 valence electrons. The van der Waals surface area contributed by atoms with Crippen LogP contribution in [-0.2, 0) is 11.2 Å². The highest BCUT2D eigenvalue weighted by Gasteiger charge is 2.39. The molecular weight excluding hydrogens is 252 g/mol. The Morgan fingerprint density at radius 3 is 2.60 bits per heavy atom. The van der Waals surface area contributed by atoms with Crippen LogP contribution in [0.1, 0.15) is 58.8 Å². The number of carbonyl (C=O) groups excluding carboxylic acids is 1. The van der Waals surface area contributed by atoms with Gasteiger partial charge in [0.25, 0.3) is 0 Å². The first-order chi connectivity index (χ1) is 9.49. The summed E-state index contributed by atoms with van der Waals surface area (Å²) < 4.78 is 1.85. The molecule has 0 spiro atoms. The number of ketones is 1. The summed E-state index contributed by atoms with van der Waals surface area (Å²) in [6.07, 6.45) is 5.17. The minimum absolute atomic E-state index is 0.236. The Kier molecular flexibility index (Phi) is 4.58. The predicted octanol–water partition coefficient (Wildman–Crippen LogP) is 2.24. The summed E-state index contributed by atoms with van der Waals surface area (Å²) in [5.41, 5.74) is -0.357. The molecule has 1 aromatic heterocycles. The second-order valence-electron chi connectivity index (χ2n) is 6.14. The molecule has 2 rings (SSSR count). The maximum absolute atomic E-state index is 12.8. The second kappa shape index (κ2) is 6.04. The van der Waals surface area contributed by atoms with Gasteiger partial charge in [0, 0.05) is 6.04 Å². The van der Waals surface area contributed by atoms with Gasteiger partial charge in [-0.25, -0.2) is 9.67 Å². The summed E-state index contributed by atoms with van der Waals surface area (Å²) in [4.78, 5) is 19.4. The zero-order valence-corrected chi connectivity index (χ0v) is 13.1. The fourth-order valence-electron chi connectivity index (χ4n) is 2.97. The van der Waals surface area contributed by atoms with E-state index in [9.17, 15) is 4.79 Å². The summed E-state index contributed by atoms with van der Waals surface area (Å²) in [5.74, 6) is 1.04. The molecule has 0 saturated carbocycles. The Labute approximate surface area is 121 Å². The van der Waals surface area contributed by atoms with Gasteiger partial charge in [-0.3, -0.25) is 9.69 Å². The van der Waals surface area contributed by atoms with Crippen LogP contribution in [-0.4, -0.2) is 44.1 Å². The van der Waals surface area contributed by atoms with Crippen molar-refractivity contribution in [3.8, 4) is 0 Å². The van der Waals surface area contributed by atoms with Gasteiger partial charge < -0.3 is 0 Å². The Morgan fingerprint density at radius 2 is 2.05 bits per heavy atom. The first-order valence-corrected chi connectivity index (χ1v) is 7.65. The second-order valence-corrected chi connectivity index (χ2v) is 6.14. The maximum atomic E-state index is 12.8. The van der Waals surface area contributed by atoms with E-state index in [2.05, 4.69) is 42.7 Å². The highest BCUT2D eigenvalue weighted by Crippen LogP contribution is 2.26. The van der Waals surface area contributed by atoms with E-state index in [-0.39, 0.29) is 17.4 Å². The molecule has 0 radical (unpaired) electrons. The molecule has 0 amide bonds. The van der Waals surface area contributed by atoms with Crippen molar-refractivity contribution in [1.29, 1.82) is 0 Å². The zero-order valence-electron chi connectivity index (χ0n) is 13.1. The van der Waals surface area contributed by atoms with E-state index in [1.165, 1.54) is 12.8 Å². The minimum Gasteiger partial charge on any atom is -0.297 e.